The van der Waals surface area contributed by atoms with Gasteiger partial charge in [0.1, 0.15) is 0 Å². The summed E-state index contributed by atoms with van der Waals surface area (Å²) in [5, 5.41) is 2.54. The SMILES string of the molecule is c1ccc(N(c2ccc(-c3ccc4c(c3)c3ccccc3n4-c3ccccc3)cc2)c2ccccc2C2(c3ccccc3)CCCCC2)cc1. The minimum absolute atomic E-state index is 0.0165. The van der Waals surface area contributed by atoms with Crippen LogP contribution in [-0.2, 0) is 5.41 Å². The number of hydrogen-bond acceptors (Lipinski definition) is 1. The lowest BCUT2D eigenvalue weighted by Gasteiger charge is -2.41. The smallest absolute Gasteiger partial charge is 0.0541 e. The van der Waals surface area contributed by atoms with Crippen molar-refractivity contribution in [1.29, 1.82) is 0 Å². The largest absolute Gasteiger partial charge is 0.310 e. The summed E-state index contributed by atoms with van der Waals surface area (Å²) < 4.78 is 2.38. The van der Waals surface area contributed by atoms with Gasteiger partial charge in [0.05, 0.1) is 16.7 Å². The van der Waals surface area contributed by atoms with Gasteiger partial charge < -0.3 is 9.47 Å². The van der Waals surface area contributed by atoms with Crippen LogP contribution in [0.2, 0.25) is 0 Å². The molecule has 8 aromatic rings. The highest BCUT2D eigenvalue weighted by Gasteiger charge is 2.38. The fourth-order valence-electron chi connectivity index (χ4n) is 8.51. The van der Waals surface area contributed by atoms with Crippen LogP contribution in [-0.4, -0.2) is 4.57 Å². The Hall–Kier alpha value is -5.86. The van der Waals surface area contributed by atoms with Crippen molar-refractivity contribution in [2.45, 2.75) is 37.5 Å². The number of anilines is 3. The van der Waals surface area contributed by atoms with E-state index in [-0.39, 0.29) is 5.41 Å². The maximum absolute atomic E-state index is 2.47. The second-order valence-corrected chi connectivity index (χ2v) is 13.7. The van der Waals surface area contributed by atoms with Crippen LogP contribution in [0, 0.1) is 0 Å². The zero-order chi connectivity index (χ0) is 33.3. The molecule has 242 valence electrons. The highest BCUT2D eigenvalue weighted by molar-refractivity contribution is 6.10. The lowest BCUT2D eigenvalue weighted by Crippen LogP contribution is -2.32. The Morgan fingerprint density at radius 2 is 1.02 bits per heavy atom. The van der Waals surface area contributed by atoms with Gasteiger partial charge in [-0.1, -0.05) is 141 Å². The Kier molecular flexibility index (Phi) is 7.78. The van der Waals surface area contributed by atoms with Crippen molar-refractivity contribution < 1.29 is 0 Å². The van der Waals surface area contributed by atoms with E-state index in [2.05, 4.69) is 191 Å². The number of benzene rings is 7. The Morgan fingerprint density at radius 1 is 0.440 bits per heavy atom. The van der Waals surface area contributed by atoms with Crippen LogP contribution < -0.4 is 4.90 Å². The van der Waals surface area contributed by atoms with Crippen LogP contribution in [0.5, 0.6) is 0 Å². The van der Waals surface area contributed by atoms with E-state index >= 15 is 0 Å². The third-order valence-electron chi connectivity index (χ3n) is 10.9. The molecule has 1 heterocycles. The van der Waals surface area contributed by atoms with E-state index in [0.717, 1.165) is 5.69 Å². The fraction of sp³-hybridized carbons (Fsp3) is 0.125. The maximum atomic E-state index is 2.47. The molecule has 0 amide bonds. The Bertz CT molecular complexity index is 2380. The topological polar surface area (TPSA) is 8.17 Å². The lowest BCUT2D eigenvalue weighted by atomic mass is 9.64. The van der Waals surface area contributed by atoms with Crippen molar-refractivity contribution >= 4 is 38.9 Å². The van der Waals surface area contributed by atoms with Gasteiger partial charge >= 0.3 is 0 Å². The van der Waals surface area contributed by atoms with Gasteiger partial charge in [-0.2, -0.15) is 0 Å². The third kappa shape index (κ3) is 5.20. The molecule has 0 spiro atoms. The van der Waals surface area contributed by atoms with E-state index < -0.39 is 0 Å². The van der Waals surface area contributed by atoms with E-state index in [1.54, 1.807) is 0 Å². The molecular formula is C48H40N2. The first-order valence-corrected chi connectivity index (χ1v) is 18.0. The molecule has 0 bridgehead atoms. The van der Waals surface area contributed by atoms with E-state index in [1.807, 2.05) is 0 Å². The molecule has 2 nitrogen and oxygen atoms in total. The summed E-state index contributed by atoms with van der Waals surface area (Å²) in [6.45, 7) is 0. The molecule has 0 atom stereocenters. The van der Waals surface area contributed by atoms with Gasteiger partial charge in [0, 0.05) is 33.2 Å². The molecule has 1 aliphatic carbocycles. The highest BCUT2D eigenvalue weighted by Crippen LogP contribution is 2.50. The quantitative estimate of drug-likeness (QED) is 0.168. The first-order valence-electron chi connectivity index (χ1n) is 18.0. The second kappa shape index (κ2) is 12.9. The van der Waals surface area contributed by atoms with Crippen molar-refractivity contribution in [3.8, 4) is 16.8 Å². The summed E-state index contributed by atoms with van der Waals surface area (Å²) in [6, 6.07) is 66.8. The number of rotatable bonds is 7. The summed E-state index contributed by atoms with van der Waals surface area (Å²) in [4.78, 5) is 2.47. The van der Waals surface area contributed by atoms with Gasteiger partial charge in [0.2, 0.25) is 0 Å². The third-order valence-corrected chi connectivity index (χ3v) is 10.9. The Morgan fingerprint density at radius 3 is 1.78 bits per heavy atom. The molecule has 1 saturated carbocycles. The zero-order valence-corrected chi connectivity index (χ0v) is 28.3. The van der Waals surface area contributed by atoms with Crippen molar-refractivity contribution in [2.24, 2.45) is 0 Å². The first-order chi connectivity index (χ1) is 24.8. The molecular weight excluding hydrogens is 605 g/mol. The van der Waals surface area contributed by atoms with E-state index in [4.69, 9.17) is 0 Å². The predicted octanol–water partition coefficient (Wildman–Crippen LogP) is 13.2. The monoisotopic (exact) mass is 644 g/mol. The molecule has 0 saturated heterocycles. The number of para-hydroxylation sites is 4. The number of nitrogens with zero attached hydrogens (tertiary/aromatic N) is 2. The number of aromatic nitrogens is 1. The van der Waals surface area contributed by atoms with E-state index in [0.29, 0.717) is 0 Å². The van der Waals surface area contributed by atoms with Gasteiger partial charge in [0.15, 0.2) is 0 Å². The lowest BCUT2D eigenvalue weighted by molar-refractivity contribution is 0.346. The number of fused-ring (bicyclic) bond motifs is 3. The van der Waals surface area contributed by atoms with Crippen LogP contribution in [0.4, 0.5) is 17.1 Å². The number of hydrogen-bond donors (Lipinski definition) is 0. The molecule has 7 aromatic carbocycles. The minimum Gasteiger partial charge on any atom is -0.310 e. The normalized spacial score (nSPS) is 14.2. The summed E-state index contributed by atoms with van der Waals surface area (Å²) in [7, 11) is 0. The summed E-state index contributed by atoms with van der Waals surface area (Å²) in [5.41, 5.74) is 12.5. The second-order valence-electron chi connectivity index (χ2n) is 13.7. The van der Waals surface area contributed by atoms with Crippen LogP contribution in [0.15, 0.2) is 182 Å². The van der Waals surface area contributed by atoms with Crippen molar-refractivity contribution in [2.75, 3.05) is 4.90 Å². The standard InChI is InChI=1S/C48H40N2/c1-5-17-38(18-6-1)48(33-15-4-16-34-48)44-24-12-14-26-47(44)49(39-19-7-2-8-20-39)41-30-27-36(28-31-41)37-29-32-46-43(35-37)42-23-11-13-25-45(42)50(46)40-21-9-3-10-22-40/h1-3,5-14,17-32,35H,4,15-16,33-34H2. The van der Waals surface area contributed by atoms with Crippen LogP contribution in [0.25, 0.3) is 38.6 Å². The molecule has 50 heavy (non-hydrogen) atoms. The van der Waals surface area contributed by atoms with Crippen molar-refractivity contribution in [3.63, 3.8) is 0 Å². The van der Waals surface area contributed by atoms with Gasteiger partial charge in [-0.15, -0.1) is 0 Å². The van der Waals surface area contributed by atoms with Crippen LogP contribution in [0.1, 0.15) is 43.2 Å². The highest BCUT2D eigenvalue weighted by atomic mass is 15.1. The fourth-order valence-corrected chi connectivity index (χ4v) is 8.51. The molecule has 0 radical (unpaired) electrons. The average Bonchev–Trinajstić information content (AvgIpc) is 3.53. The molecule has 1 aromatic heterocycles. The molecule has 0 aliphatic heterocycles. The Balaban J connectivity index is 1.15. The summed E-state index contributed by atoms with van der Waals surface area (Å²) >= 11 is 0. The Labute approximate surface area is 294 Å². The summed E-state index contributed by atoms with van der Waals surface area (Å²) in [5.74, 6) is 0. The van der Waals surface area contributed by atoms with Gasteiger partial charge in [-0.25, -0.2) is 0 Å². The van der Waals surface area contributed by atoms with Gasteiger partial charge in [0.25, 0.3) is 0 Å². The van der Waals surface area contributed by atoms with Crippen LogP contribution in [0.3, 0.4) is 0 Å². The molecule has 0 N–H and O–H groups in total. The minimum atomic E-state index is -0.0165. The predicted molar refractivity (Wildman–Crippen MR) is 211 cm³/mol. The summed E-state index contributed by atoms with van der Waals surface area (Å²) in [6.07, 6.45) is 6.13. The van der Waals surface area contributed by atoms with E-state index in [9.17, 15) is 0 Å². The molecule has 0 unspecified atom stereocenters. The van der Waals surface area contributed by atoms with Gasteiger partial charge in [-0.05, 0) is 95.8 Å². The molecule has 2 heteroatoms. The maximum Gasteiger partial charge on any atom is 0.0541 e. The zero-order valence-electron chi connectivity index (χ0n) is 28.3. The average molecular weight is 645 g/mol. The first kappa shape index (κ1) is 30.2. The molecule has 1 aliphatic rings. The van der Waals surface area contributed by atoms with Crippen molar-refractivity contribution in [3.05, 3.63) is 193 Å². The van der Waals surface area contributed by atoms with E-state index in [1.165, 1.54) is 93.2 Å². The van der Waals surface area contributed by atoms with Crippen LogP contribution >= 0.6 is 0 Å². The molecule has 1 fully saturated rings. The molecule has 9 rings (SSSR count). The van der Waals surface area contributed by atoms with Gasteiger partial charge in [-0.3, -0.25) is 0 Å². The van der Waals surface area contributed by atoms with Crippen molar-refractivity contribution in [1.82, 2.24) is 4.57 Å².